The molecule has 2 rings (SSSR count). The highest BCUT2D eigenvalue weighted by molar-refractivity contribution is 5.95. The van der Waals surface area contributed by atoms with Gasteiger partial charge in [0.2, 0.25) is 5.91 Å². The summed E-state index contributed by atoms with van der Waals surface area (Å²) in [6.45, 7) is 7.19. The van der Waals surface area contributed by atoms with Crippen LogP contribution in [0, 0.1) is 11.3 Å². The van der Waals surface area contributed by atoms with Gasteiger partial charge < -0.3 is 10.6 Å². The first kappa shape index (κ1) is 14.9. The van der Waals surface area contributed by atoms with E-state index in [1.165, 1.54) is 12.8 Å². The number of carbonyl (C=O) groups is 1. The van der Waals surface area contributed by atoms with Crippen LogP contribution in [0.25, 0.3) is 0 Å². The molecule has 1 saturated carbocycles. The lowest BCUT2D eigenvalue weighted by Gasteiger charge is -2.40. The van der Waals surface area contributed by atoms with Crippen LogP contribution in [0.4, 0.5) is 11.4 Å². The summed E-state index contributed by atoms with van der Waals surface area (Å²) in [7, 11) is 0. The van der Waals surface area contributed by atoms with E-state index < -0.39 is 0 Å². The van der Waals surface area contributed by atoms with Crippen molar-refractivity contribution in [2.75, 3.05) is 17.2 Å². The molecular weight excluding hydrogens is 248 g/mol. The van der Waals surface area contributed by atoms with Crippen molar-refractivity contribution in [3.05, 3.63) is 24.3 Å². The van der Waals surface area contributed by atoms with Gasteiger partial charge in [0, 0.05) is 23.8 Å². The molecule has 0 heterocycles. The quantitative estimate of drug-likeness (QED) is 0.851. The van der Waals surface area contributed by atoms with Crippen LogP contribution in [-0.2, 0) is 4.79 Å². The van der Waals surface area contributed by atoms with E-state index in [2.05, 4.69) is 13.8 Å². The van der Waals surface area contributed by atoms with E-state index in [1.807, 2.05) is 36.1 Å². The van der Waals surface area contributed by atoms with E-state index in [9.17, 15) is 4.79 Å². The van der Waals surface area contributed by atoms with Crippen molar-refractivity contribution in [1.29, 1.82) is 0 Å². The van der Waals surface area contributed by atoms with Crippen LogP contribution in [-0.4, -0.2) is 12.5 Å². The standard InChI is InChI=1S/C17H26N2O/c1-4-19(14-10-8-13(18)9-11-14)16(20)15-7-5-6-12-17(15,2)3/h8-11,15H,4-7,12,18H2,1-3H3. The van der Waals surface area contributed by atoms with Crippen LogP contribution in [0.3, 0.4) is 0 Å². The molecule has 0 bridgehead atoms. The Balaban J connectivity index is 2.22. The summed E-state index contributed by atoms with van der Waals surface area (Å²) in [6.07, 6.45) is 4.56. The number of hydrogen-bond acceptors (Lipinski definition) is 2. The van der Waals surface area contributed by atoms with Gasteiger partial charge in [0.25, 0.3) is 0 Å². The predicted octanol–water partition coefficient (Wildman–Crippen LogP) is 3.84. The van der Waals surface area contributed by atoms with Crippen molar-refractivity contribution < 1.29 is 4.79 Å². The Hall–Kier alpha value is -1.51. The highest BCUT2D eigenvalue weighted by Crippen LogP contribution is 2.42. The first-order chi connectivity index (χ1) is 9.45. The molecule has 0 radical (unpaired) electrons. The molecule has 0 saturated heterocycles. The Bertz CT molecular complexity index is 464. The monoisotopic (exact) mass is 274 g/mol. The Labute approximate surface area is 122 Å². The van der Waals surface area contributed by atoms with Gasteiger partial charge in [-0.25, -0.2) is 0 Å². The number of anilines is 2. The van der Waals surface area contributed by atoms with Crippen LogP contribution < -0.4 is 10.6 Å². The smallest absolute Gasteiger partial charge is 0.230 e. The number of nitrogens with two attached hydrogens (primary N) is 1. The lowest BCUT2D eigenvalue weighted by Crippen LogP contribution is -2.43. The molecule has 1 fully saturated rings. The van der Waals surface area contributed by atoms with Gasteiger partial charge in [0.05, 0.1) is 0 Å². The van der Waals surface area contributed by atoms with Gasteiger partial charge in [0.1, 0.15) is 0 Å². The van der Waals surface area contributed by atoms with E-state index in [0.29, 0.717) is 6.54 Å². The molecule has 1 aliphatic carbocycles. The fraction of sp³-hybridized carbons (Fsp3) is 0.588. The number of nitrogens with zero attached hydrogens (tertiary/aromatic N) is 1. The third-order valence-electron chi connectivity index (χ3n) is 4.59. The molecule has 1 atom stereocenters. The average Bonchev–Trinajstić information content (AvgIpc) is 2.41. The largest absolute Gasteiger partial charge is 0.399 e. The summed E-state index contributed by atoms with van der Waals surface area (Å²) in [5.74, 6) is 0.399. The zero-order chi connectivity index (χ0) is 14.8. The van der Waals surface area contributed by atoms with Gasteiger partial charge in [-0.3, -0.25) is 4.79 Å². The zero-order valence-corrected chi connectivity index (χ0v) is 12.9. The van der Waals surface area contributed by atoms with Crippen molar-refractivity contribution in [3.63, 3.8) is 0 Å². The number of rotatable bonds is 3. The SMILES string of the molecule is CCN(C(=O)C1CCCCC1(C)C)c1ccc(N)cc1. The number of nitrogen functional groups attached to an aromatic ring is 1. The molecule has 1 aliphatic rings. The first-order valence-corrected chi connectivity index (χ1v) is 7.62. The summed E-state index contributed by atoms with van der Waals surface area (Å²) < 4.78 is 0. The zero-order valence-electron chi connectivity index (χ0n) is 12.9. The molecule has 0 aliphatic heterocycles. The molecule has 0 aromatic heterocycles. The molecule has 1 unspecified atom stereocenters. The van der Waals surface area contributed by atoms with Gasteiger partial charge in [-0.1, -0.05) is 26.7 Å². The average molecular weight is 274 g/mol. The number of hydrogen-bond donors (Lipinski definition) is 1. The van der Waals surface area contributed by atoms with Gasteiger partial charge in [-0.15, -0.1) is 0 Å². The van der Waals surface area contributed by atoms with E-state index in [-0.39, 0.29) is 17.2 Å². The molecular formula is C17H26N2O. The molecule has 3 heteroatoms. The van der Waals surface area contributed by atoms with Crippen molar-refractivity contribution in [3.8, 4) is 0 Å². The van der Waals surface area contributed by atoms with E-state index in [1.54, 1.807) is 0 Å². The van der Waals surface area contributed by atoms with Crippen molar-refractivity contribution >= 4 is 17.3 Å². The van der Waals surface area contributed by atoms with E-state index >= 15 is 0 Å². The molecule has 0 spiro atoms. The van der Waals surface area contributed by atoms with Crippen molar-refractivity contribution in [1.82, 2.24) is 0 Å². The Morgan fingerprint density at radius 3 is 2.50 bits per heavy atom. The molecule has 1 amide bonds. The third-order valence-corrected chi connectivity index (χ3v) is 4.59. The minimum Gasteiger partial charge on any atom is -0.399 e. The molecule has 3 nitrogen and oxygen atoms in total. The van der Waals surface area contributed by atoms with Gasteiger partial charge >= 0.3 is 0 Å². The minimum absolute atomic E-state index is 0.108. The Kier molecular flexibility index (Phi) is 4.36. The predicted molar refractivity (Wildman–Crippen MR) is 84.6 cm³/mol. The molecule has 20 heavy (non-hydrogen) atoms. The number of carbonyl (C=O) groups excluding carboxylic acids is 1. The maximum absolute atomic E-state index is 12.9. The summed E-state index contributed by atoms with van der Waals surface area (Å²) in [6, 6.07) is 7.59. The number of amides is 1. The maximum atomic E-state index is 12.9. The van der Waals surface area contributed by atoms with Crippen LogP contribution in [0.1, 0.15) is 46.5 Å². The second-order valence-corrected chi connectivity index (χ2v) is 6.46. The topological polar surface area (TPSA) is 46.3 Å². The van der Waals surface area contributed by atoms with Gasteiger partial charge in [0.15, 0.2) is 0 Å². The highest BCUT2D eigenvalue weighted by Gasteiger charge is 2.39. The molecule has 1 aromatic carbocycles. The summed E-state index contributed by atoms with van der Waals surface area (Å²) in [5, 5.41) is 0. The van der Waals surface area contributed by atoms with Crippen molar-refractivity contribution in [2.45, 2.75) is 46.5 Å². The van der Waals surface area contributed by atoms with Crippen LogP contribution >= 0.6 is 0 Å². The Morgan fingerprint density at radius 2 is 1.95 bits per heavy atom. The summed E-state index contributed by atoms with van der Waals surface area (Å²) in [4.78, 5) is 14.8. The highest BCUT2D eigenvalue weighted by atomic mass is 16.2. The first-order valence-electron chi connectivity index (χ1n) is 7.62. The van der Waals surface area contributed by atoms with E-state index in [0.717, 1.165) is 24.2 Å². The second-order valence-electron chi connectivity index (χ2n) is 6.46. The second kappa shape index (κ2) is 5.86. The van der Waals surface area contributed by atoms with E-state index in [4.69, 9.17) is 5.73 Å². The third kappa shape index (κ3) is 2.97. The van der Waals surface area contributed by atoms with Gasteiger partial charge in [-0.05, 0) is 49.4 Å². The Morgan fingerprint density at radius 1 is 1.30 bits per heavy atom. The molecule has 1 aromatic rings. The fourth-order valence-corrected chi connectivity index (χ4v) is 3.26. The summed E-state index contributed by atoms with van der Waals surface area (Å²) in [5.41, 5.74) is 7.52. The van der Waals surface area contributed by atoms with Crippen LogP contribution in [0.15, 0.2) is 24.3 Å². The molecule has 110 valence electrons. The molecule has 2 N–H and O–H groups in total. The minimum atomic E-state index is 0.108. The van der Waals surface area contributed by atoms with Crippen molar-refractivity contribution in [2.24, 2.45) is 11.3 Å². The lowest BCUT2D eigenvalue weighted by atomic mass is 9.68. The van der Waals surface area contributed by atoms with Gasteiger partial charge in [-0.2, -0.15) is 0 Å². The fourth-order valence-electron chi connectivity index (χ4n) is 3.26. The normalized spacial score (nSPS) is 21.4. The maximum Gasteiger partial charge on any atom is 0.230 e. The number of benzene rings is 1. The van der Waals surface area contributed by atoms with Crippen LogP contribution in [0.2, 0.25) is 0 Å². The van der Waals surface area contributed by atoms with Crippen LogP contribution in [0.5, 0.6) is 0 Å². The lowest BCUT2D eigenvalue weighted by molar-refractivity contribution is -0.127. The summed E-state index contributed by atoms with van der Waals surface area (Å²) >= 11 is 0.